The molecule has 0 saturated carbocycles. The van der Waals surface area contributed by atoms with Gasteiger partial charge in [-0.05, 0) is 17.7 Å². The number of β-lactam (4-membered cyclic amide) rings is 1. The molecule has 0 spiro atoms. The number of carboxylic acids is 1. The van der Waals surface area contributed by atoms with Crippen LogP contribution in [0.3, 0.4) is 0 Å². The fourth-order valence-electron chi connectivity index (χ4n) is 3.66. The summed E-state index contributed by atoms with van der Waals surface area (Å²) < 4.78 is 4.68. The molecule has 2 unspecified atom stereocenters. The molecule has 1 aromatic rings. The first-order valence-electron chi connectivity index (χ1n) is 10.7. The number of urea groups is 2. The van der Waals surface area contributed by atoms with E-state index in [2.05, 4.69) is 20.7 Å². The molecule has 1 fully saturated rings. The minimum atomic E-state index is -1.42. The van der Waals surface area contributed by atoms with Crippen molar-refractivity contribution in [3.05, 3.63) is 45.1 Å². The molecule has 7 amide bonds. The Morgan fingerprint density at radius 2 is 1.92 bits per heavy atom. The zero-order valence-electron chi connectivity index (χ0n) is 19.8. The van der Waals surface area contributed by atoms with E-state index in [0.29, 0.717) is 4.90 Å². The van der Waals surface area contributed by atoms with Crippen molar-refractivity contribution in [2.75, 3.05) is 26.5 Å². The van der Waals surface area contributed by atoms with Gasteiger partial charge in [-0.3, -0.25) is 14.5 Å². The molecule has 3 rings (SSSR count). The van der Waals surface area contributed by atoms with Gasteiger partial charge in [-0.2, -0.15) is 0 Å². The van der Waals surface area contributed by atoms with E-state index in [1.807, 2.05) is 0 Å². The number of aliphatic carboxylic acids is 1. The summed E-state index contributed by atoms with van der Waals surface area (Å²) in [5, 5.41) is 16.4. The first-order chi connectivity index (χ1) is 17.9. The molecule has 2 aliphatic heterocycles. The maximum absolute atomic E-state index is 13.3. The Labute approximate surface area is 229 Å². The summed E-state index contributed by atoms with van der Waals surface area (Å²) in [7, 11) is 2.50. The van der Waals surface area contributed by atoms with Gasteiger partial charge in [0.2, 0.25) is 5.91 Å². The number of nitrogens with one attached hydrogen (secondary N) is 3. The molecule has 0 radical (unpaired) electrons. The van der Waals surface area contributed by atoms with E-state index in [1.54, 1.807) is 0 Å². The van der Waals surface area contributed by atoms with Crippen molar-refractivity contribution in [1.82, 2.24) is 25.8 Å². The van der Waals surface area contributed by atoms with Gasteiger partial charge in [-0.15, -0.1) is 11.8 Å². The molecule has 0 bridgehead atoms. The van der Waals surface area contributed by atoms with Crippen LogP contribution in [0.5, 0.6) is 0 Å². The Hall–Kier alpha value is -3.69. The van der Waals surface area contributed by atoms with Crippen LogP contribution >= 0.6 is 35.0 Å². The zero-order valence-corrected chi connectivity index (χ0v) is 22.1. The number of imide groups is 1. The third-order valence-electron chi connectivity index (χ3n) is 5.57. The third-order valence-corrected chi connectivity index (χ3v) is 7.65. The number of hydrogen-bond acceptors (Lipinski definition) is 8. The van der Waals surface area contributed by atoms with Crippen LogP contribution < -0.4 is 21.7 Å². The maximum atomic E-state index is 13.3. The highest BCUT2D eigenvalue weighted by atomic mass is 35.5. The van der Waals surface area contributed by atoms with E-state index < -0.39 is 60.0 Å². The molecular weight excluding hydrogens is 567 g/mol. The monoisotopic (exact) mass is 588 g/mol. The lowest BCUT2D eigenvalue weighted by Gasteiger charge is -2.49. The van der Waals surface area contributed by atoms with Crippen LogP contribution in [-0.4, -0.2) is 88.7 Å². The average molecular weight is 589 g/mol. The van der Waals surface area contributed by atoms with Gasteiger partial charge < -0.3 is 31.5 Å². The van der Waals surface area contributed by atoms with E-state index in [9.17, 15) is 33.9 Å². The number of amides is 7. The quantitative estimate of drug-likeness (QED) is 0.286. The van der Waals surface area contributed by atoms with Crippen molar-refractivity contribution in [3.63, 3.8) is 0 Å². The summed E-state index contributed by atoms with van der Waals surface area (Å²) in [5.41, 5.74) is 4.94. The normalized spacial score (nSPS) is 18.9. The number of ether oxygens (including phenoxy) is 1. The first kappa shape index (κ1) is 28.9. The lowest BCUT2D eigenvalue weighted by Crippen LogP contribution is -2.71. The lowest BCUT2D eigenvalue weighted by atomic mass is 10.0. The number of carbonyl (C=O) groups is 6. The molecule has 1 saturated heterocycles. The molecule has 0 aliphatic carbocycles. The summed E-state index contributed by atoms with van der Waals surface area (Å²) in [6, 6.07) is -0.0505. The van der Waals surface area contributed by atoms with E-state index in [4.69, 9.17) is 28.9 Å². The lowest BCUT2D eigenvalue weighted by molar-refractivity contribution is -0.151. The molecule has 1 aromatic carbocycles. The van der Waals surface area contributed by atoms with E-state index >= 15 is 0 Å². The fourth-order valence-corrected chi connectivity index (χ4v) is 5.30. The first-order valence-corrected chi connectivity index (χ1v) is 12.5. The highest BCUT2D eigenvalue weighted by molar-refractivity contribution is 8.00. The Kier molecular flexibility index (Phi) is 8.96. The Bertz CT molecular complexity index is 1240. The van der Waals surface area contributed by atoms with Crippen molar-refractivity contribution in [1.29, 1.82) is 0 Å². The SMILES string of the molecule is CNC(=O)N(C)C(=O)NC(C(=O)NC1C(=O)N2C(C(=O)O)=C(COC(N)=O)CS[C@@H]12)c1ccc(Cl)c(Cl)c1. The van der Waals surface area contributed by atoms with Gasteiger partial charge in [0, 0.05) is 25.4 Å². The summed E-state index contributed by atoms with van der Waals surface area (Å²) >= 11 is 13.2. The second-order valence-electron chi connectivity index (χ2n) is 7.93. The third kappa shape index (κ3) is 5.89. The molecule has 38 heavy (non-hydrogen) atoms. The van der Waals surface area contributed by atoms with Crippen LogP contribution in [0.4, 0.5) is 14.4 Å². The van der Waals surface area contributed by atoms with Gasteiger partial charge in [-0.25, -0.2) is 24.1 Å². The van der Waals surface area contributed by atoms with Gasteiger partial charge in [0.05, 0.1) is 10.0 Å². The number of hydrogen-bond donors (Lipinski definition) is 5. The van der Waals surface area contributed by atoms with Crippen LogP contribution in [-0.2, 0) is 19.1 Å². The largest absolute Gasteiger partial charge is 0.477 e. The summed E-state index contributed by atoms with van der Waals surface area (Å²) in [5.74, 6) is -2.90. The molecule has 3 atom stereocenters. The average Bonchev–Trinajstić information content (AvgIpc) is 2.88. The Balaban J connectivity index is 1.84. The number of carbonyl (C=O) groups excluding carboxylic acids is 5. The molecule has 0 aromatic heterocycles. The number of carboxylic acid groups (broad SMARTS) is 1. The minimum absolute atomic E-state index is 0.0829. The fraction of sp³-hybridized carbons (Fsp3) is 0.333. The van der Waals surface area contributed by atoms with Crippen molar-refractivity contribution in [2.45, 2.75) is 17.5 Å². The second kappa shape index (κ2) is 11.8. The smallest absolute Gasteiger partial charge is 0.404 e. The molecule has 2 aliphatic rings. The number of nitrogens with zero attached hydrogens (tertiary/aromatic N) is 2. The number of nitrogens with two attached hydrogens (primary N) is 1. The summed E-state index contributed by atoms with van der Waals surface area (Å²) in [6.07, 6.45) is -1.10. The number of benzene rings is 1. The molecular formula is C21H22Cl2N6O8S. The van der Waals surface area contributed by atoms with E-state index in [0.717, 1.165) is 16.7 Å². The van der Waals surface area contributed by atoms with Gasteiger partial charge in [0.25, 0.3) is 5.91 Å². The van der Waals surface area contributed by atoms with Crippen LogP contribution in [0.1, 0.15) is 11.6 Å². The second-order valence-corrected chi connectivity index (χ2v) is 9.85. The molecule has 14 nitrogen and oxygen atoms in total. The van der Waals surface area contributed by atoms with Gasteiger partial charge in [-0.1, -0.05) is 29.3 Å². The summed E-state index contributed by atoms with van der Waals surface area (Å²) in [6.45, 7) is -0.415. The van der Waals surface area contributed by atoms with Crippen LogP contribution in [0, 0.1) is 0 Å². The number of halogens is 2. The predicted molar refractivity (Wildman–Crippen MR) is 135 cm³/mol. The van der Waals surface area contributed by atoms with Crippen molar-refractivity contribution >= 4 is 70.9 Å². The topological polar surface area (TPSA) is 200 Å². The van der Waals surface area contributed by atoms with Crippen molar-refractivity contribution in [3.8, 4) is 0 Å². The standard InChI is InChI=1S/C21H22Cl2N6O8S/c1-25-20(35)28(2)21(36)27-12(8-3-4-10(22)11(23)5-8)15(30)26-13-16(31)29-14(18(32)33)9(6-37-19(24)34)7-38-17(13)29/h3-5,12-13,17H,6-7H2,1-2H3,(H2,24,34)(H,25,35)(H,26,30)(H,27,36)(H,32,33)/t12?,13?,17-/m0/s1. The molecule has 204 valence electrons. The minimum Gasteiger partial charge on any atom is -0.477 e. The number of primary amides is 1. The molecule has 17 heteroatoms. The highest BCUT2D eigenvalue weighted by Crippen LogP contribution is 2.40. The number of thioether (sulfide) groups is 1. The molecule has 2 heterocycles. The van der Waals surface area contributed by atoms with Crippen LogP contribution in [0.15, 0.2) is 29.5 Å². The maximum Gasteiger partial charge on any atom is 0.404 e. The number of rotatable bonds is 7. The molecule has 6 N–H and O–H groups in total. The van der Waals surface area contributed by atoms with Crippen molar-refractivity contribution < 1.29 is 38.6 Å². The van der Waals surface area contributed by atoms with Gasteiger partial charge in [0.15, 0.2) is 0 Å². The Morgan fingerprint density at radius 3 is 2.50 bits per heavy atom. The van der Waals surface area contributed by atoms with Gasteiger partial charge in [0.1, 0.15) is 29.8 Å². The zero-order chi connectivity index (χ0) is 28.3. The number of fused-ring (bicyclic) bond motifs is 1. The van der Waals surface area contributed by atoms with Crippen LogP contribution in [0.25, 0.3) is 0 Å². The summed E-state index contributed by atoms with van der Waals surface area (Å²) in [4.78, 5) is 75.2. The predicted octanol–water partition coefficient (Wildman–Crippen LogP) is 0.849. The Morgan fingerprint density at radius 1 is 1.24 bits per heavy atom. The van der Waals surface area contributed by atoms with E-state index in [1.165, 1.54) is 32.3 Å². The van der Waals surface area contributed by atoms with Gasteiger partial charge >= 0.3 is 24.1 Å². The van der Waals surface area contributed by atoms with Crippen LogP contribution in [0.2, 0.25) is 10.0 Å². The van der Waals surface area contributed by atoms with Crippen molar-refractivity contribution in [2.24, 2.45) is 5.73 Å². The highest BCUT2D eigenvalue weighted by Gasteiger charge is 2.54. The van der Waals surface area contributed by atoms with E-state index in [-0.39, 0.29) is 32.6 Å².